The van der Waals surface area contributed by atoms with E-state index in [4.69, 9.17) is 21.3 Å². The minimum atomic E-state index is -0.983. The highest BCUT2D eigenvalue weighted by molar-refractivity contribution is 14.1. The molecule has 3 aromatic heterocycles. The van der Waals surface area contributed by atoms with Crippen molar-refractivity contribution in [2.75, 3.05) is 129 Å². The molecule has 27 heteroatoms. The van der Waals surface area contributed by atoms with Crippen LogP contribution in [0, 0.1) is 41.5 Å². The fourth-order valence-electron chi connectivity index (χ4n) is 16.8. The average molecular weight is 2200 g/mol. The summed E-state index contributed by atoms with van der Waals surface area (Å²) < 4.78 is 16.1. The minimum absolute atomic E-state index is 0.00878. The summed E-state index contributed by atoms with van der Waals surface area (Å²) in [5, 5.41) is 35.0. The molecule has 144 heavy (non-hydrogen) atoms. The summed E-state index contributed by atoms with van der Waals surface area (Å²) in [7, 11) is 19.8. The topological polar surface area (TPSA) is 322 Å². The lowest BCUT2D eigenvalue weighted by Gasteiger charge is -2.24. The number of benzene rings is 11. The molecular weight excluding hydrogens is 2050 g/mol. The number of aliphatic carboxylic acids is 1. The molecule has 0 spiro atoms. The number of H-pyrrole nitrogens is 1. The van der Waals surface area contributed by atoms with Crippen molar-refractivity contribution >= 4 is 201 Å². The molecular formula is C117H148Br2IN11O13. The van der Waals surface area contributed by atoms with Crippen molar-refractivity contribution in [2.45, 2.75) is 199 Å². The van der Waals surface area contributed by atoms with Gasteiger partial charge in [-0.25, -0.2) is 9.59 Å². The smallest absolute Gasteiger partial charge is 0.337 e. The van der Waals surface area contributed by atoms with E-state index in [1.807, 2.05) is 267 Å². The van der Waals surface area contributed by atoms with E-state index >= 15 is 0 Å². The van der Waals surface area contributed by atoms with Gasteiger partial charge in [0.05, 0.1) is 102 Å². The van der Waals surface area contributed by atoms with Crippen LogP contribution in [0.25, 0.3) is 65.4 Å². The van der Waals surface area contributed by atoms with E-state index < -0.39 is 17.9 Å². The first-order valence-corrected chi connectivity index (χ1v) is 50.9. The van der Waals surface area contributed by atoms with Crippen LogP contribution in [0.1, 0.15) is 200 Å². The van der Waals surface area contributed by atoms with Gasteiger partial charge >= 0.3 is 29.8 Å². The number of fused-ring (bicyclic) bond motifs is 6. The van der Waals surface area contributed by atoms with E-state index in [2.05, 4.69) is 199 Å². The van der Waals surface area contributed by atoms with Crippen molar-refractivity contribution in [1.82, 2.24) is 14.1 Å². The Bertz CT molecular complexity index is 7200. The van der Waals surface area contributed by atoms with Gasteiger partial charge in [0.2, 0.25) is 0 Å². The second kappa shape index (κ2) is 49.7. The number of aryl methyl sites for hydroxylation is 6. The highest BCUT2D eigenvalue weighted by atomic mass is 127. The maximum Gasteiger partial charge on any atom is 0.337 e. The van der Waals surface area contributed by atoms with E-state index in [9.17, 15) is 48.6 Å². The number of halogens is 3. The maximum absolute atomic E-state index is 13.4. The van der Waals surface area contributed by atoms with E-state index in [1.54, 1.807) is 48.7 Å². The van der Waals surface area contributed by atoms with Gasteiger partial charge < -0.3 is 80.2 Å². The number of hydrogen-bond acceptors (Lipinski definition) is 18. The molecule has 0 radical (unpaired) electrons. The zero-order valence-electron chi connectivity index (χ0n) is 90.2. The van der Waals surface area contributed by atoms with Gasteiger partial charge in [0, 0.05) is 123 Å². The SMILES string of the molecule is CC(C)(C)c1ccc(C(=O)O)c(N)c1.CCOC(=O)CI.CCOC(=O)Cn1c2cc(C(C)(C)C)ccc2c(=O)c2ccc(C)c(N(C)C)c21.Cc1ccc2c(=O)c3ccc(C(C)(C)C)cc3[nH]c2c1N(C)C.Cc1ccc2c(=O)c3ccc(C(C)(C)C)cc3n(CC(=O)O)c2c1N(C)C.Cc1cccc(Br)c1N.Cc1cccc(Br)c1N(C)C.Cc1cccc(Nc2cc(C(C)(C)C)ccc2C(=O)O)c1N(C)C. The fourth-order valence-corrected chi connectivity index (χ4v) is 18.3. The van der Waals surface area contributed by atoms with E-state index in [0.717, 1.165) is 126 Å². The number of aromatic nitrogens is 3. The molecule has 14 aromatic rings. The molecule has 24 nitrogen and oxygen atoms in total. The average Bonchev–Trinajstić information content (AvgIpc) is 0.729. The minimum Gasteiger partial charge on any atom is -0.480 e. The monoisotopic (exact) mass is 2200 g/mol. The number of carboxylic acid groups (broad SMARTS) is 3. The van der Waals surface area contributed by atoms with Crippen LogP contribution in [0.15, 0.2) is 205 Å². The van der Waals surface area contributed by atoms with Crippen LogP contribution >= 0.6 is 54.5 Å². The van der Waals surface area contributed by atoms with Crippen LogP contribution in [0.5, 0.6) is 0 Å². The molecule has 0 bridgehead atoms. The van der Waals surface area contributed by atoms with Crippen LogP contribution in [-0.2, 0) is 64.0 Å². The van der Waals surface area contributed by atoms with E-state index in [0.29, 0.717) is 61.6 Å². The molecule has 0 saturated heterocycles. The molecule has 0 atom stereocenters. The lowest BCUT2D eigenvalue weighted by Crippen LogP contribution is -2.22. The first-order chi connectivity index (χ1) is 66.9. The van der Waals surface area contributed by atoms with Gasteiger partial charge in [-0.2, -0.15) is 0 Å². The van der Waals surface area contributed by atoms with Gasteiger partial charge in [0.25, 0.3) is 0 Å². The number of nitrogens with one attached hydrogen (secondary N) is 2. The Balaban J connectivity index is 0.000000231. The molecule has 0 aliphatic heterocycles. The number of hydrogen-bond donors (Lipinski definition) is 7. The second-order valence-electron chi connectivity index (χ2n) is 41.9. The lowest BCUT2D eigenvalue weighted by molar-refractivity contribution is -0.143. The number of rotatable bonds is 16. The van der Waals surface area contributed by atoms with Crippen molar-refractivity contribution in [3.8, 4) is 0 Å². The third-order valence-corrected chi connectivity index (χ3v) is 26.3. The van der Waals surface area contributed by atoms with Crippen molar-refractivity contribution in [3.05, 3.63) is 294 Å². The Morgan fingerprint density at radius 2 is 0.729 bits per heavy atom. The zero-order chi connectivity index (χ0) is 109. The molecule has 770 valence electrons. The largest absolute Gasteiger partial charge is 0.480 e. The lowest BCUT2D eigenvalue weighted by atomic mass is 9.86. The third kappa shape index (κ3) is 29.8. The van der Waals surface area contributed by atoms with Gasteiger partial charge in [-0.3, -0.25) is 28.8 Å². The van der Waals surface area contributed by atoms with Gasteiger partial charge in [-0.05, 0) is 273 Å². The number of esters is 2. The van der Waals surface area contributed by atoms with Gasteiger partial charge in [-0.15, -0.1) is 0 Å². The van der Waals surface area contributed by atoms with Gasteiger partial charge in [0.15, 0.2) is 16.3 Å². The Hall–Kier alpha value is -12.7. The molecule has 0 amide bonds. The number of anilines is 9. The molecule has 0 aliphatic carbocycles. The summed E-state index contributed by atoms with van der Waals surface area (Å²) in [6.07, 6.45) is 0. The molecule has 0 saturated carbocycles. The Morgan fingerprint density at radius 1 is 0.382 bits per heavy atom. The Kier molecular flexibility index (Phi) is 40.8. The van der Waals surface area contributed by atoms with Crippen molar-refractivity contribution in [2.24, 2.45) is 0 Å². The fraction of sp³-hybridized carbons (Fsp3) is 0.368. The maximum atomic E-state index is 13.4. The number of carbonyl (C=O) groups excluding carboxylic acids is 2. The summed E-state index contributed by atoms with van der Waals surface area (Å²) in [5.74, 6) is -3.30. The summed E-state index contributed by atoms with van der Waals surface area (Å²) in [4.78, 5) is 110. The van der Waals surface area contributed by atoms with Crippen LogP contribution in [0.2, 0.25) is 0 Å². The van der Waals surface area contributed by atoms with Crippen LogP contribution in [0.3, 0.4) is 0 Å². The molecule has 0 fully saturated rings. The van der Waals surface area contributed by atoms with Crippen molar-refractivity contribution < 1.29 is 48.8 Å². The Morgan fingerprint density at radius 3 is 1.11 bits per heavy atom. The molecule has 9 N–H and O–H groups in total. The number of carboxylic acids is 3. The normalized spacial score (nSPS) is 11.3. The predicted molar refractivity (Wildman–Crippen MR) is 620 cm³/mol. The standard InChI is InChI=1S/C24H30N2O3.C22H26N2O3.C20H26N2O2.C20H24N2O.C11H15NO2.C9H12BrN.C7H8BrN.C4H7IO2/c1-8-29-20(27)14-26-19-13-16(24(3,4)5)10-12-17(19)23(28)18-11-9-15(2)21(22(18)26)25(6)7;1-13-7-9-16-20(19(13)23(5)6)24(12-18(25)26)17-11-14(22(2,3)4)8-10-15(17)21(16)27;1-13-8-7-9-16(18(13)22(5)6)21-17-12-14(20(2,3)4)10-11-15(17)19(23)24;1-12-7-9-15-17(18(12)22(5)6)21-16-11-13(20(2,3)4)8-10-14(16)19(15)23;1-11(2,3)7-4-5-8(10(13)14)9(12)6-7;1-7-5-4-6-8(10)9(7)11(2)3;1-5-3-2-4-6(8)7(5)9;1-2-7-4(6)3-5/h9-13H,8,14H2,1-7H3;7-11H,12H2,1-6H3,(H,25,26);7-12,21H,1-6H3,(H,23,24);7-11H,1-6H3,(H,21,23);4-6H,12H2,1-3H3,(H,13,14);4-6H,1-3H3;2-4H,9H2,1H3;2-3H2,1H3. The highest BCUT2D eigenvalue weighted by Gasteiger charge is 2.28. The number of nitrogens with zero attached hydrogens (tertiary/aromatic N) is 7. The number of alkyl halides is 1. The second-order valence-corrected chi connectivity index (χ2v) is 44.4. The van der Waals surface area contributed by atoms with Crippen LogP contribution in [0.4, 0.5) is 51.2 Å². The Labute approximate surface area is 879 Å². The third-order valence-electron chi connectivity index (χ3n) is 24.3. The summed E-state index contributed by atoms with van der Waals surface area (Å²) in [5.41, 5.74) is 36.3. The van der Waals surface area contributed by atoms with Gasteiger partial charge in [-0.1, -0.05) is 211 Å². The molecule has 0 aliphatic rings. The molecule has 14 rings (SSSR count). The number of aromatic carboxylic acids is 2. The number of nitrogens with two attached hydrogens (primary N) is 2. The number of para-hydroxylation sites is 3. The molecule has 11 aromatic carbocycles. The summed E-state index contributed by atoms with van der Waals surface area (Å²) >= 11 is 8.79. The van der Waals surface area contributed by atoms with Crippen LogP contribution in [-0.4, -0.2) is 147 Å². The summed E-state index contributed by atoms with van der Waals surface area (Å²) in [6.45, 7) is 48.2. The number of ether oxygens (including phenoxy) is 2. The highest BCUT2D eigenvalue weighted by Crippen LogP contribution is 2.40. The molecule has 0 unspecified atom stereocenters. The molecule has 3 heterocycles. The van der Waals surface area contributed by atoms with Crippen molar-refractivity contribution in [1.29, 1.82) is 0 Å². The zero-order valence-corrected chi connectivity index (χ0v) is 95.5. The van der Waals surface area contributed by atoms with E-state index in [1.165, 1.54) is 16.8 Å². The quantitative estimate of drug-likeness (QED) is 0.0155. The van der Waals surface area contributed by atoms with E-state index in [-0.39, 0.29) is 79.5 Å². The summed E-state index contributed by atoms with van der Waals surface area (Å²) in [6, 6.07) is 57.9. The van der Waals surface area contributed by atoms with Crippen LogP contribution < -0.4 is 57.6 Å². The van der Waals surface area contributed by atoms with Crippen molar-refractivity contribution in [3.63, 3.8) is 0 Å². The number of carbonyl (C=O) groups is 5. The number of pyridine rings is 3. The first kappa shape index (κ1) is 118. The number of nitrogen functional groups attached to an aromatic ring is 2. The first-order valence-electron chi connectivity index (χ1n) is 47.8. The predicted octanol–water partition coefficient (Wildman–Crippen LogP) is 25.9. The van der Waals surface area contributed by atoms with Gasteiger partial charge in [0.1, 0.15) is 13.1 Å². The number of aromatic amines is 1.